The van der Waals surface area contributed by atoms with Crippen LogP contribution >= 0.6 is 0 Å². The third-order valence-corrected chi connectivity index (χ3v) is 3.56. The summed E-state index contributed by atoms with van der Waals surface area (Å²) in [6, 6.07) is 3.17. The molecule has 1 fully saturated rings. The molecule has 5 heteroatoms. The summed E-state index contributed by atoms with van der Waals surface area (Å²) in [5.41, 5.74) is -0.328. The normalized spacial score (nSPS) is 26.6. The van der Waals surface area contributed by atoms with Crippen LogP contribution in [0, 0.1) is 11.6 Å². The predicted octanol–water partition coefficient (Wildman–Crippen LogP) is 2.24. The van der Waals surface area contributed by atoms with Crippen LogP contribution in [-0.2, 0) is 0 Å². The van der Waals surface area contributed by atoms with Gasteiger partial charge in [0.15, 0.2) is 0 Å². The zero-order valence-electron chi connectivity index (χ0n) is 11.0. The monoisotopic (exact) mass is 271 g/mol. The molecule has 1 aliphatic carbocycles. The van der Waals surface area contributed by atoms with Crippen molar-refractivity contribution >= 4 is 0 Å². The Labute approximate surface area is 111 Å². The van der Waals surface area contributed by atoms with E-state index < -0.39 is 11.6 Å². The van der Waals surface area contributed by atoms with Crippen LogP contribution in [0.1, 0.15) is 26.2 Å². The van der Waals surface area contributed by atoms with Gasteiger partial charge < -0.3 is 15.2 Å². The van der Waals surface area contributed by atoms with Crippen LogP contribution in [0.5, 0.6) is 5.75 Å². The molecule has 1 aliphatic rings. The van der Waals surface area contributed by atoms with Gasteiger partial charge in [0.1, 0.15) is 23.5 Å². The standard InChI is InChI=1S/C14H19F2NO2/c1-2-17-14(9-18)4-3-12(8-14)19-13-6-10(15)5-11(16)7-13/h5-7,12,17-18H,2-4,8-9H2,1H3. The van der Waals surface area contributed by atoms with Crippen LogP contribution in [0.15, 0.2) is 18.2 Å². The molecule has 1 aromatic rings. The molecule has 2 N–H and O–H groups in total. The summed E-state index contributed by atoms with van der Waals surface area (Å²) in [6.07, 6.45) is 2.05. The molecule has 0 aromatic heterocycles. The molecule has 0 spiro atoms. The fourth-order valence-corrected chi connectivity index (χ4v) is 2.70. The zero-order chi connectivity index (χ0) is 13.9. The third kappa shape index (κ3) is 3.42. The highest BCUT2D eigenvalue weighted by molar-refractivity contribution is 5.24. The number of likely N-dealkylation sites (N-methyl/N-ethyl adjacent to an activating group) is 1. The first-order valence-electron chi connectivity index (χ1n) is 6.55. The third-order valence-electron chi connectivity index (χ3n) is 3.56. The largest absolute Gasteiger partial charge is 0.490 e. The fourth-order valence-electron chi connectivity index (χ4n) is 2.70. The van der Waals surface area contributed by atoms with Crippen LogP contribution in [-0.4, -0.2) is 29.9 Å². The number of benzene rings is 1. The minimum atomic E-state index is -0.645. The Hall–Kier alpha value is -1.20. The van der Waals surface area contributed by atoms with E-state index >= 15 is 0 Å². The Bertz CT molecular complexity index is 421. The lowest BCUT2D eigenvalue weighted by Gasteiger charge is -2.27. The maximum Gasteiger partial charge on any atom is 0.129 e. The zero-order valence-corrected chi connectivity index (χ0v) is 11.0. The smallest absolute Gasteiger partial charge is 0.129 e. The van der Waals surface area contributed by atoms with E-state index in [9.17, 15) is 13.9 Å². The Balaban J connectivity index is 2.01. The van der Waals surface area contributed by atoms with Gasteiger partial charge in [-0.3, -0.25) is 0 Å². The molecular formula is C14H19F2NO2. The number of hydrogen-bond acceptors (Lipinski definition) is 3. The van der Waals surface area contributed by atoms with E-state index in [0.717, 1.165) is 25.5 Å². The summed E-state index contributed by atoms with van der Waals surface area (Å²) >= 11 is 0. The van der Waals surface area contributed by atoms with E-state index in [1.165, 1.54) is 12.1 Å². The lowest BCUT2D eigenvalue weighted by molar-refractivity contribution is 0.141. The van der Waals surface area contributed by atoms with E-state index in [1.807, 2.05) is 6.92 Å². The second-order valence-corrected chi connectivity index (χ2v) is 5.06. The van der Waals surface area contributed by atoms with Gasteiger partial charge in [-0.15, -0.1) is 0 Å². The van der Waals surface area contributed by atoms with Crippen molar-refractivity contribution in [2.75, 3.05) is 13.2 Å². The number of rotatable bonds is 5. The SMILES string of the molecule is CCNC1(CO)CCC(Oc2cc(F)cc(F)c2)C1. The molecule has 1 aromatic carbocycles. The van der Waals surface area contributed by atoms with Crippen molar-refractivity contribution in [3.05, 3.63) is 29.8 Å². The van der Waals surface area contributed by atoms with Gasteiger partial charge in [-0.1, -0.05) is 6.92 Å². The summed E-state index contributed by atoms with van der Waals surface area (Å²) in [4.78, 5) is 0. The highest BCUT2D eigenvalue weighted by atomic mass is 19.1. The van der Waals surface area contributed by atoms with Crippen molar-refractivity contribution in [3.8, 4) is 5.75 Å². The molecule has 0 radical (unpaired) electrons. The topological polar surface area (TPSA) is 41.5 Å². The fraction of sp³-hybridized carbons (Fsp3) is 0.571. The number of ether oxygens (including phenoxy) is 1. The van der Waals surface area contributed by atoms with Crippen molar-refractivity contribution in [3.63, 3.8) is 0 Å². The average Bonchev–Trinajstić information content (AvgIpc) is 2.72. The van der Waals surface area contributed by atoms with E-state index in [2.05, 4.69) is 5.32 Å². The molecule has 2 rings (SSSR count). The first-order valence-corrected chi connectivity index (χ1v) is 6.55. The van der Waals surface area contributed by atoms with Gasteiger partial charge in [0.25, 0.3) is 0 Å². The van der Waals surface area contributed by atoms with E-state index in [4.69, 9.17) is 4.74 Å². The van der Waals surface area contributed by atoms with Gasteiger partial charge in [-0.05, 0) is 19.4 Å². The first-order chi connectivity index (χ1) is 9.07. The molecule has 19 heavy (non-hydrogen) atoms. The number of aliphatic hydroxyl groups is 1. The molecular weight excluding hydrogens is 252 g/mol. The van der Waals surface area contributed by atoms with Crippen LogP contribution in [0.4, 0.5) is 8.78 Å². The minimum absolute atomic E-state index is 0.0399. The van der Waals surface area contributed by atoms with Crippen molar-refractivity contribution < 1.29 is 18.6 Å². The molecule has 3 nitrogen and oxygen atoms in total. The quantitative estimate of drug-likeness (QED) is 0.863. The summed E-state index contributed by atoms with van der Waals surface area (Å²) in [6.45, 7) is 2.79. The van der Waals surface area contributed by atoms with Gasteiger partial charge in [0.2, 0.25) is 0 Å². The summed E-state index contributed by atoms with van der Waals surface area (Å²) in [5.74, 6) is -1.09. The molecule has 0 heterocycles. The molecule has 0 bridgehead atoms. The second kappa shape index (κ2) is 5.84. The predicted molar refractivity (Wildman–Crippen MR) is 68.1 cm³/mol. The van der Waals surface area contributed by atoms with Crippen molar-refractivity contribution in [1.29, 1.82) is 0 Å². The van der Waals surface area contributed by atoms with Crippen molar-refractivity contribution in [1.82, 2.24) is 5.32 Å². The molecule has 106 valence electrons. The maximum atomic E-state index is 13.1. The molecule has 0 aliphatic heterocycles. The Morgan fingerprint density at radius 1 is 1.37 bits per heavy atom. The maximum absolute atomic E-state index is 13.1. The highest BCUT2D eigenvalue weighted by Gasteiger charge is 2.39. The summed E-state index contributed by atoms with van der Waals surface area (Å²) in [7, 11) is 0. The van der Waals surface area contributed by atoms with Crippen LogP contribution in [0.3, 0.4) is 0 Å². The molecule has 2 atom stereocenters. The van der Waals surface area contributed by atoms with Crippen LogP contribution in [0.25, 0.3) is 0 Å². The van der Waals surface area contributed by atoms with Gasteiger partial charge in [0.05, 0.1) is 6.61 Å². The van der Waals surface area contributed by atoms with Crippen LogP contribution in [0.2, 0.25) is 0 Å². The molecule has 0 amide bonds. The number of nitrogens with one attached hydrogen (secondary N) is 1. The van der Waals surface area contributed by atoms with Gasteiger partial charge >= 0.3 is 0 Å². The lowest BCUT2D eigenvalue weighted by atomic mass is 9.99. The Morgan fingerprint density at radius 3 is 2.63 bits per heavy atom. The van der Waals surface area contributed by atoms with E-state index in [-0.39, 0.29) is 24.0 Å². The Kier molecular flexibility index (Phi) is 4.37. The van der Waals surface area contributed by atoms with E-state index in [1.54, 1.807) is 0 Å². The van der Waals surface area contributed by atoms with Gasteiger partial charge in [-0.2, -0.15) is 0 Å². The highest BCUT2D eigenvalue weighted by Crippen LogP contribution is 2.32. The lowest BCUT2D eigenvalue weighted by Crippen LogP contribution is -2.46. The molecule has 0 saturated heterocycles. The van der Waals surface area contributed by atoms with Crippen molar-refractivity contribution in [2.45, 2.75) is 37.8 Å². The van der Waals surface area contributed by atoms with Crippen LogP contribution < -0.4 is 10.1 Å². The van der Waals surface area contributed by atoms with Crippen molar-refractivity contribution in [2.24, 2.45) is 0 Å². The Morgan fingerprint density at radius 2 is 2.05 bits per heavy atom. The summed E-state index contributed by atoms with van der Waals surface area (Å²) in [5, 5.41) is 12.7. The van der Waals surface area contributed by atoms with E-state index in [0.29, 0.717) is 6.42 Å². The first kappa shape index (κ1) is 14.2. The number of aliphatic hydroxyl groups excluding tert-OH is 1. The average molecular weight is 271 g/mol. The van der Waals surface area contributed by atoms with Gasteiger partial charge in [-0.25, -0.2) is 8.78 Å². The number of hydrogen-bond donors (Lipinski definition) is 2. The summed E-state index contributed by atoms with van der Waals surface area (Å²) < 4.78 is 31.7. The van der Waals surface area contributed by atoms with Gasteiger partial charge in [0, 0.05) is 30.2 Å². The molecule has 1 saturated carbocycles. The number of halogens is 2. The molecule has 2 unspecified atom stereocenters. The second-order valence-electron chi connectivity index (χ2n) is 5.06. The minimum Gasteiger partial charge on any atom is -0.490 e.